The Balaban J connectivity index is 1.02. The molecule has 0 aliphatic carbocycles. The molecule has 0 bridgehead atoms. The number of carbonyl (C=O) groups excluding carboxylic acids is 6. The molecule has 0 fully saturated rings. The molecule has 2 amide bonds. The number of nitrogens with one attached hydrogen (secondary N) is 2. The molecule has 0 aliphatic rings. The van der Waals surface area contributed by atoms with Gasteiger partial charge in [-0.25, -0.2) is 19.2 Å². The van der Waals surface area contributed by atoms with E-state index in [0.29, 0.717) is 62.7 Å². The third-order valence-electron chi connectivity index (χ3n) is 9.39. The molecule has 4 aromatic carbocycles. The van der Waals surface area contributed by atoms with Crippen LogP contribution in [-0.4, -0.2) is 75.7 Å². The molecule has 4 rings (SSSR count). The number of ether oxygens (including phenoxy) is 6. The standard InChI is InChI=1S/C50H56N2O12/c1-3-45(53)59-27-5-6-29-61-47(55)35-41-15-11-37(12-16-41)33-38-13-17-42(18-14-38)36-48(56)62-30-8-10-32-64-50(58)52-44-25-21-40(22-26-44)34-39-19-23-43(24-20-39)51-49(57)63-31-9-7-28-60-46(54)4-2/h3-4,11-26H,1-2,5-10,27-36H2,(H,51,57)(H,52,58). The van der Waals surface area contributed by atoms with Crippen molar-refractivity contribution in [3.63, 3.8) is 0 Å². The van der Waals surface area contributed by atoms with Crippen LogP contribution < -0.4 is 10.6 Å². The van der Waals surface area contributed by atoms with Crippen LogP contribution >= 0.6 is 0 Å². The zero-order valence-corrected chi connectivity index (χ0v) is 36.0. The smallest absolute Gasteiger partial charge is 0.411 e. The van der Waals surface area contributed by atoms with E-state index in [9.17, 15) is 28.8 Å². The highest BCUT2D eigenvalue weighted by atomic mass is 16.6. The van der Waals surface area contributed by atoms with Gasteiger partial charge in [0.15, 0.2) is 0 Å². The minimum Gasteiger partial charge on any atom is -0.465 e. The first-order valence-electron chi connectivity index (χ1n) is 21.2. The summed E-state index contributed by atoms with van der Waals surface area (Å²) in [7, 11) is 0. The summed E-state index contributed by atoms with van der Waals surface area (Å²) in [5.74, 6) is -1.59. The Morgan fingerprint density at radius 1 is 0.375 bits per heavy atom. The molecule has 0 heterocycles. The summed E-state index contributed by atoms with van der Waals surface area (Å²) in [6.07, 6.45) is 6.14. The van der Waals surface area contributed by atoms with Crippen molar-refractivity contribution in [3.05, 3.63) is 156 Å². The molecule has 0 atom stereocenters. The highest BCUT2D eigenvalue weighted by Gasteiger charge is 2.10. The Labute approximate surface area is 373 Å². The lowest BCUT2D eigenvalue weighted by atomic mass is 10.0. The van der Waals surface area contributed by atoms with Gasteiger partial charge in [-0.3, -0.25) is 20.2 Å². The third kappa shape index (κ3) is 20.6. The number of rotatable bonds is 27. The van der Waals surface area contributed by atoms with Crippen molar-refractivity contribution in [2.24, 2.45) is 0 Å². The van der Waals surface area contributed by atoms with Gasteiger partial charge >= 0.3 is 36.1 Å². The normalized spacial score (nSPS) is 10.4. The van der Waals surface area contributed by atoms with E-state index in [1.165, 1.54) is 0 Å². The average molecular weight is 877 g/mol. The zero-order chi connectivity index (χ0) is 45.8. The summed E-state index contributed by atoms with van der Waals surface area (Å²) >= 11 is 0. The van der Waals surface area contributed by atoms with E-state index in [4.69, 9.17) is 28.4 Å². The monoisotopic (exact) mass is 876 g/mol. The molecule has 14 heteroatoms. The van der Waals surface area contributed by atoms with E-state index in [1.807, 2.05) is 72.8 Å². The lowest BCUT2D eigenvalue weighted by Gasteiger charge is -2.09. The van der Waals surface area contributed by atoms with Crippen LogP contribution in [-0.2, 0) is 73.3 Å². The fourth-order valence-electron chi connectivity index (χ4n) is 5.95. The van der Waals surface area contributed by atoms with Gasteiger partial charge in [0.1, 0.15) is 0 Å². The van der Waals surface area contributed by atoms with E-state index in [-0.39, 0.29) is 64.4 Å². The second-order valence-electron chi connectivity index (χ2n) is 14.6. The SMILES string of the molecule is C=CC(=O)OCCCCOC(=O)Cc1ccc(Cc2ccc(CC(=O)OCCCCOC(=O)Nc3ccc(Cc4ccc(NC(=O)OCCCCOC(=O)C=C)cc4)cc3)cc2)cc1. The van der Waals surface area contributed by atoms with Crippen molar-refractivity contribution < 1.29 is 57.2 Å². The first-order chi connectivity index (χ1) is 31.1. The van der Waals surface area contributed by atoms with Gasteiger partial charge in [0.05, 0.1) is 52.5 Å². The van der Waals surface area contributed by atoms with Crippen molar-refractivity contribution in [2.45, 2.75) is 64.2 Å². The fourth-order valence-corrected chi connectivity index (χ4v) is 5.95. The Morgan fingerprint density at radius 3 is 0.953 bits per heavy atom. The molecule has 0 unspecified atom stereocenters. The maximum atomic E-state index is 12.4. The summed E-state index contributed by atoms with van der Waals surface area (Å²) in [6, 6.07) is 30.4. The number of hydrogen-bond donors (Lipinski definition) is 2. The van der Waals surface area contributed by atoms with Crippen molar-refractivity contribution >= 4 is 47.4 Å². The Morgan fingerprint density at radius 2 is 0.641 bits per heavy atom. The molecule has 4 aromatic rings. The second-order valence-corrected chi connectivity index (χ2v) is 14.6. The highest BCUT2D eigenvalue weighted by Crippen LogP contribution is 2.17. The molecular weight excluding hydrogens is 821 g/mol. The molecule has 0 radical (unpaired) electrons. The Hall–Kier alpha value is -7.22. The summed E-state index contributed by atoms with van der Waals surface area (Å²) in [4.78, 5) is 71.0. The summed E-state index contributed by atoms with van der Waals surface area (Å²) in [6.45, 7) is 8.03. The van der Waals surface area contributed by atoms with Gasteiger partial charge in [-0.05, 0) is 109 Å². The number of unbranched alkanes of at least 4 members (excludes halogenated alkanes) is 3. The molecule has 0 saturated heterocycles. The van der Waals surface area contributed by atoms with Crippen LogP contribution in [0.25, 0.3) is 0 Å². The molecule has 0 saturated carbocycles. The van der Waals surface area contributed by atoms with Crippen molar-refractivity contribution in [3.8, 4) is 0 Å². The molecular formula is C50H56N2O12. The first-order valence-corrected chi connectivity index (χ1v) is 21.2. The van der Waals surface area contributed by atoms with Gasteiger partial charge in [-0.2, -0.15) is 0 Å². The van der Waals surface area contributed by atoms with E-state index < -0.39 is 24.1 Å². The maximum Gasteiger partial charge on any atom is 0.411 e. The van der Waals surface area contributed by atoms with E-state index in [1.54, 1.807) is 24.3 Å². The number of anilines is 2. The van der Waals surface area contributed by atoms with E-state index in [2.05, 4.69) is 23.8 Å². The van der Waals surface area contributed by atoms with E-state index in [0.717, 1.165) is 45.5 Å². The minimum atomic E-state index is -0.575. The molecule has 338 valence electrons. The molecule has 0 aliphatic heterocycles. The minimum absolute atomic E-state index is 0.148. The van der Waals surface area contributed by atoms with Gasteiger partial charge in [-0.15, -0.1) is 0 Å². The number of carbonyl (C=O) groups is 6. The molecule has 2 N–H and O–H groups in total. The van der Waals surface area contributed by atoms with Gasteiger partial charge in [-0.1, -0.05) is 86.0 Å². The van der Waals surface area contributed by atoms with Crippen molar-refractivity contribution in [2.75, 3.05) is 50.3 Å². The highest BCUT2D eigenvalue weighted by molar-refractivity contribution is 5.85. The quantitative estimate of drug-likeness (QED) is 0.0252. The Kier molecular flexibility index (Phi) is 21.9. The third-order valence-corrected chi connectivity index (χ3v) is 9.39. The van der Waals surface area contributed by atoms with Gasteiger partial charge in [0.25, 0.3) is 0 Å². The summed E-state index contributed by atoms with van der Waals surface area (Å²) in [5.41, 5.74) is 7.10. The summed E-state index contributed by atoms with van der Waals surface area (Å²) < 4.78 is 30.9. The fraction of sp³-hybridized carbons (Fsp3) is 0.320. The predicted molar refractivity (Wildman–Crippen MR) is 241 cm³/mol. The number of benzene rings is 4. The molecule has 14 nitrogen and oxygen atoms in total. The van der Waals surface area contributed by atoms with Crippen LogP contribution in [0, 0.1) is 0 Å². The topological polar surface area (TPSA) is 182 Å². The van der Waals surface area contributed by atoms with Crippen LogP contribution in [0.4, 0.5) is 21.0 Å². The predicted octanol–water partition coefficient (Wildman–Crippen LogP) is 8.64. The first kappa shape index (κ1) is 49.4. The zero-order valence-electron chi connectivity index (χ0n) is 36.0. The largest absolute Gasteiger partial charge is 0.465 e. The average Bonchev–Trinajstić information content (AvgIpc) is 3.29. The lowest BCUT2D eigenvalue weighted by Crippen LogP contribution is -2.15. The van der Waals surface area contributed by atoms with Crippen LogP contribution in [0.15, 0.2) is 122 Å². The van der Waals surface area contributed by atoms with Crippen LogP contribution in [0.3, 0.4) is 0 Å². The molecule has 64 heavy (non-hydrogen) atoms. The molecule has 0 spiro atoms. The van der Waals surface area contributed by atoms with Gasteiger partial charge in [0.2, 0.25) is 0 Å². The number of hydrogen-bond acceptors (Lipinski definition) is 12. The number of esters is 4. The van der Waals surface area contributed by atoms with Crippen LogP contribution in [0.5, 0.6) is 0 Å². The van der Waals surface area contributed by atoms with Gasteiger partial charge < -0.3 is 28.4 Å². The summed E-state index contributed by atoms with van der Waals surface area (Å²) in [5, 5.41) is 5.40. The molecule has 0 aromatic heterocycles. The Bertz CT molecular complexity index is 1960. The van der Waals surface area contributed by atoms with Crippen LogP contribution in [0.2, 0.25) is 0 Å². The lowest BCUT2D eigenvalue weighted by molar-refractivity contribution is -0.144. The van der Waals surface area contributed by atoms with Gasteiger partial charge in [0, 0.05) is 23.5 Å². The van der Waals surface area contributed by atoms with Crippen LogP contribution in [0.1, 0.15) is 71.9 Å². The second kappa shape index (κ2) is 28.4. The van der Waals surface area contributed by atoms with Crippen molar-refractivity contribution in [1.29, 1.82) is 0 Å². The maximum absolute atomic E-state index is 12.4. The number of amides is 2. The van der Waals surface area contributed by atoms with Crippen molar-refractivity contribution in [1.82, 2.24) is 0 Å². The van der Waals surface area contributed by atoms with E-state index >= 15 is 0 Å².